The summed E-state index contributed by atoms with van der Waals surface area (Å²) in [6.07, 6.45) is 6.10. The highest BCUT2D eigenvalue weighted by molar-refractivity contribution is 5.96. The number of fused-ring (bicyclic) bond motifs is 1. The van der Waals surface area contributed by atoms with E-state index in [-0.39, 0.29) is 16.7 Å². The summed E-state index contributed by atoms with van der Waals surface area (Å²) < 4.78 is 2.36. The van der Waals surface area contributed by atoms with E-state index < -0.39 is 11.9 Å². The molecule has 8 rings (SSSR count). The molecule has 12 heteroatoms. The Labute approximate surface area is 299 Å². The molecule has 3 aromatic heterocycles. The molecule has 0 aliphatic carbocycles. The SMILES string of the molecule is Cc1c(C(=O)O)cccc1C(=O)O.c1ccc(-c2cc(-c3nnn[nH]3)cnc2-c2ccc(CN3CCC(n4cnc5ccccc54)CC3)cc2)cc1. The summed E-state index contributed by atoms with van der Waals surface area (Å²) in [6.45, 7) is 4.59. The monoisotopic (exact) mass is 692 g/mol. The minimum atomic E-state index is -1.11. The Morgan fingerprint density at radius 2 is 1.48 bits per heavy atom. The summed E-state index contributed by atoms with van der Waals surface area (Å²) in [6, 6.07) is 34.4. The molecule has 12 nitrogen and oxygen atoms in total. The Morgan fingerprint density at radius 1 is 0.788 bits per heavy atom. The zero-order valence-corrected chi connectivity index (χ0v) is 28.4. The van der Waals surface area contributed by atoms with E-state index in [1.807, 2.05) is 30.7 Å². The van der Waals surface area contributed by atoms with Gasteiger partial charge < -0.3 is 14.8 Å². The average molecular weight is 693 g/mol. The number of likely N-dealkylation sites (tertiary alicyclic amines) is 1. The summed E-state index contributed by atoms with van der Waals surface area (Å²) >= 11 is 0. The van der Waals surface area contributed by atoms with Gasteiger partial charge >= 0.3 is 11.9 Å². The second-order valence-corrected chi connectivity index (χ2v) is 12.7. The smallest absolute Gasteiger partial charge is 0.335 e. The van der Waals surface area contributed by atoms with Gasteiger partial charge in [0.05, 0.1) is 34.2 Å². The lowest BCUT2D eigenvalue weighted by molar-refractivity contribution is 0.0696. The van der Waals surface area contributed by atoms with Crippen molar-refractivity contribution in [1.82, 2.24) is 40.1 Å². The molecule has 4 heterocycles. The fourth-order valence-corrected chi connectivity index (χ4v) is 6.69. The molecule has 0 radical (unpaired) electrons. The number of nitrogens with zero attached hydrogens (tertiary/aromatic N) is 7. The predicted molar refractivity (Wildman–Crippen MR) is 197 cm³/mol. The molecule has 1 aliphatic heterocycles. The van der Waals surface area contributed by atoms with E-state index in [4.69, 9.17) is 15.2 Å². The van der Waals surface area contributed by atoms with Crippen LogP contribution in [0.25, 0.3) is 44.8 Å². The van der Waals surface area contributed by atoms with E-state index >= 15 is 0 Å². The molecule has 1 aliphatic rings. The molecule has 52 heavy (non-hydrogen) atoms. The number of pyridine rings is 1. The molecule has 0 amide bonds. The van der Waals surface area contributed by atoms with Gasteiger partial charge in [0, 0.05) is 48.6 Å². The van der Waals surface area contributed by atoms with Crippen LogP contribution in [0.15, 0.2) is 116 Å². The number of carboxylic acids is 2. The largest absolute Gasteiger partial charge is 0.478 e. The molecule has 4 aromatic carbocycles. The number of benzene rings is 4. The number of piperidine rings is 1. The van der Waals surface area contributed by atoms with Crippen LogP contribution in [0.5, 0.6) is 0 Å². The molecule has 0 atom stereocenters. The summed E-state index contributed by atoms with van der Waals surface area (Å²) in [4.78, 5) is 33.2. The first-order chi connectivity index (χ1) is 25.4. The zero-order valence-electron chi connectivity index (χ0n) is 28.4. The number of tetrazole rings is 1. The Bertz CT molecular complexity index is 2280. The molecule has 260 valence electrons. The van der Waals surface area contributed by atoms with Crippen LogP contribution in [0.4, 0.5) is 0 Å². The van der Waals surface area contributed by atoms with Crippen molar-refractivity contribution in [2.24, 2.45) is 0 Å². The second-order valence-electron chi connectivity index (χ2n) is 12.7. The van der Waals surface area contributed by atoms with E-state index in [0.717, 1.165) is 65.9 Å². The van der Waals surface area contributed by atoms with Gasteiger partial charge in [-0.15, -0.1) is 5.10 Å². The van der Waals surface area contributed by atoms with Crippen molar-refractivity contribution in [2.45, 2.75) is 32.4 Å². The van der Waals surface area contributed by atoms with Gasteiger partial charge in [-0.25, -0.2) is 19.7 Å². The highest BCUT2D eigenvalue weighted by Gasteiger charge is 2.22. The van der Waals surface area contributed by atoms with Gasteiger partial charge in [-0.2, -0.15) is 0 Å². The number of hydrogen-bond donors (Lipinski definition) is 3. The van der Waals surface area contributed by atoms with Gasteiger partial charge in [0.1, 0.15) is 0 Å². The first-order valence-electron chi connectivity index (χ1n) is 16.9. The molecule has 0 bridgehead atoms. The van der Waals surface area contributed by atoms with Crippen LogP contribution in [0.3, 0.4) is 0 Å². The predicted octanol–water partition coefficient (Wildman–Crippen LogP) is 7.17. The topological polar surface area (TPSA) is 163 Å². The molecular weight excluding hydrogens is 656 g/mol. The number of rotatable bonds is 8. The second kappa shape index (κ2) is 15.2. The highest BCUT2D eigenvalue weighted by atomic mass is 16.4. The maximum Gasteiger partial charge on any atom is 0.335 e. The Hall–Kier alpha value is -6.53. The summed E-state index contributed by atoms with van der Waals surface area (Å²) in [5, 5.41) is 31.7. The molecule has 0 spiro atoms. The van der Waals surface area contributed by atoms with Crippen LogP contribution in [0.2, 0.25) is 0 Å². The number of carbonyl (C=O) groups is 2. The van der Waals surface area contributed by atoms with E-state index in [0.29, 0.717) is 11.9 Å². The maximum atomic E-state index is 10.6. The Balaban J connectivity index is 0.000000275. The van der Waals surface area contributed by atoms with Gasteiger partial charge in [-0.05, 0) is 77.2 Å². The minimum Gasteiger partial charge on any atom is -0.478 e. The van der Waals surface area contributed by atoms with Crippen molar-refractivity contribution >= 4 is 23.0 Å². The molecular formula is C40H36N8O4. The third-order valence-corrected chi connectivity index (χ3v) is 9.45. The van der Waals surface area contributed by atoms with Gasteiger partial charge in [-0.3, -0.25) is 9.88 Å². The van der Waals surface area contributed by atoms with Crippen molar-refractivity contribution in [1.29, 1.82) is 0 Å². The first-order valence-corrected chi connectivity index (χ1v) is 16.9. The van der Waals surface area contributed by atoms with Crippen LogP contribution in [0.1, 0.15) is 50.7 Å². The number of para-hydroxylation sites is 2. The van der Waals surface area contributed by atoms with Gasteiger partial charge in [-0.1, -0.05) is 72.8 Å². The lowest BCUT2D eigenvalue weighted by atomic mass is 9.97. The standard InChI is InChI=1S/C31H28N8.C9H8O4/c1-2-6-23(7-3-1)27-18-25(31-34-36-37-35-31)19-32-30(27)24-12-10-22(11-13-24)20-38-16-14-26(15-17-38)39-21-33-28-8-4-5-9-29(28)39;1-5-6(8(10)11)3-2-4-7(5)9(12)13/h1-13,18-19,21,26H,14-17,20H2,(H,34,35,36,37);2-4H,1H3,(H,10,11)(H,12,13). The number of aromatic nitrogens is 7. The quantitative estimate of drug-likeness (QED) is 0.149. The van der Waals surface area contributed by atoms with E-state index in [2.05, 4.69) is 102 Å². The van der Waals surface area contributed by atoms with Gasteiger partial charge in [0.2, 0.25) is 0 Å². The molecule has 3 N–H and O–H groups in total. The van der Waals surface area contributed by atoms with Crippen molar-refractivity contribution < 1.29 is 19.8 Å². The molecule has 0 unspecified atom stereocenters. The third kappa shape index (κ3) is 7.32. The van der Waals surface area contributed by atoms with Crippen molar-refractivity contribution in [2.75, 3.05) is 13.1 Å². The number of hydrogen-bond acceptors (Lipinski definition) is 8. The number of aromatic carboxylic acids is 2. The Kier molecular flexibility index (Phi) is 9.89. The number of H-pyrrole nitrogens is 1. The van der Waals surface area contributed by atoms with E-state index in [1.54, 1.807) is 0 Å². The van der Waals surface area contributed by atoms with Gasteiger partial charge in [0.25, 0.3) is 0 Å². The van der Waals surface area contributed by atoms with Crippen molar-refractivity contribution in [3.8, 4) is 33.8 Å². The Morgan fingerprint density at radius 3 is 2.15 bits per heavy atom. The first kappa shape index (κ1) is 33.9. The lowest BCUT2D eigenvalue weighted by Gasteiger charge is -2.33. The van der Waals surface area contributed by atoms with E-state index in [9.17, 15) is 9.59 Å². The molecule has 7 aromatic rings. The summed E-state index contributed by atoms with van der Waals surface area (Å²) in [5.41, 5.74) is 9.00. The van der Waals surface area contributed by atoms with Crippen LogP contribution in [-0.2, 0) is 6.54 Å². The van der Waals surface area contributed by atoms with Crippen LogP contribution in [-0.4, -0.2) is 75.3 Å². The number of aromatic amines is 1. The average Bonchev–Trinajstić information content (AvgIpc) is 3.87. The van der Waals surface area contributed by atoms with Gasteiger partial charge in [0.15, 0.2) is 5.82 Å². The van der Waals surface area contributed by atoms with Crippen LogP contribution in [0, 0.1) is 6.92 Å². The third-order valence-electron chi connectivity index (χ3n) is 9.45. The number of carboxylic acid groups (broad SMARTS) is 2. The minimum absolute atomic E-state index is 0.0277. The highest BCUT2D eigenvalue weighted by Crippen LogP contribution is 2.34. The summed E-state index contributed by atoms with van der Waals surface area (Å²) in [5.74, 6) is -1.62. The van der Waals surface area contributed by atoms with Crippen LogP contribution >= 0.6 is 0 Å². The maximum absolute atomic E-state index is 10.6. The summed E-state index contributed by atoms with van der Waals surface area (Å²) in [7, 11) is 0. The number of nitrogens with one attached hydrogen (secondary N) is 1. The zero-order chi connectivity index (χ0) is 36.0. The lowest BCUT2D eigenvalue weighted by Crippen LogP contribution is -2.34. The van der Waals surface area contributed by atoms with Crippen molar-refractivity contribution in [3.63, 3.8) is 0 Å². The molecule has 0 saturated carbocycles. The fourth-order valence-electron chi connectivity index (χ4n) is 6.69. The molecule has 1 saturated heterocycles. The van der Waals surface area contributed by atoms with Crippen LogP contribution < -0.4 is 0 Å². The molecule has 1 fully saturated rings. The van der Waals surface area contributed by atoms with Crippen molar-refractivity contribution in [3.05, 3.63) is 138 Å². The normalized spacial score (nSPS) is 13.4. The number of imidazole rings is 1. The fraction of sp³-hybridized carbons (Fsp3) is 0.175. The van der Waals surface area contributed by atoms with E-state index in [1.165, 1.54) is 36.2 Å².